The van der Waals surface area contributed by atoms with E-state index in [1.54, 1.807) is 7.11 Å². The molecule has 1 N–H and O–H groups in total. The van der Waals surface area contributed by atoms with Crippen molar-refractivity contribution in [2.24, 2.45) is 5.41 Å². The van der Waals surface area contributed by atoms with Gasteiger partial charge in [0.15, 0.2) is 0 Å². The molecule has 0 atom stereocenters. The van der Waals surface area contributed by atoms with Crippen LogP contribution in [0.5, 0.6) is 0 Å². The van der Waals surface area contributed by atoms with Gasteiger partial charge in [0.1, 0.15) is 0 Å². The van der Waals surface area contributed by atoms with Crippen LogP contribution in [0.25, 0.3) is 0 Å². The van der Waals surface area contributed by atoms with Crippen molar-refractivity contribution < 1.29 is 9.53 Å². The van der Waals surface area contributed by atoms with Crippen LogP contribution in [0.2, 0.25) is 0 Å². The molecule has 2 rings (SSSR count). The first kappa shape index (κ1) is 13.8. The van der Waals surface area contributed by atoms with Crippen molar-refractivity contribution in [3.63, 3.8) is 0 Å². The fraction of sp³-hybridized carbons (Fsp3) is 0.929. The summed E-state index contributed by atoms with van der Waals surface area (Å²) in [6, 6.07) is 0. The number of rotatable bonds is 6. The molecule has 2 aliphatic rings. The van der Waals surface area contributed by atoms with Crippen molar-refractivity contribution >= 4 is 5.91 Å². The van der Waals surface area contributed by atoms with Gasteiger partial charge in [0.05, 0.1) is 12.0 Å². The lowest BCUT2D eigenvalue weighted by Crippen LogP contribution is -2.52. The van der Waals surface area contributed by atoms with Gasteiger partial charge in [0, 0.05) is 19.2 Å². The number of methoxy groups -OCH3 is 1. The average Bonchev–Trinajstić information content (AvgIpc) is 2.96. The predicted molar refractivity (Wildman–Crippen MR) is 71.4 cm³/mol. The second-order valence-corrected chi connectivity index (χ2v) is 6.22. The third kappa shape index (κ3) is 2.54. The Bertz CT molecular complexity index is 305. The Morgan fingerprint density at radius 2 is 1.83 bits per heavy atom. The summed E-state index contributed by atoms with van der Waals surface area (Å²) in [5.74, 6) is 0.192. The van der Waals surface area contributed by atoms with E-state index in [1.165, 1.54) is 25.7 Å². The lowest BCUT2D eigenvalue weighted by molar-refractivity contribution is -0.128. The lowest BCUT2D eigenvalue weighted by Gasteiger charge is -2.37. The summed E-state index contributed by atoms with van der Waals surface area (Å²) in [7, 11) is 5.92. The first-order valence-electron chi connectivity index (χ1n) is 6.99. The van der Waals surface area contributed by atoms with Crippen molar-refractivity contribution in [2.75, 3.05) is 34.4 Å². The first-order chi connectivity index (χ1) is 8.55. The zero-order chi connectivity index (χ0) is 13.2. The van der Waals surface area contributed by atoms with Crippen LogP contribution in [0.1, 0.15) is 38.5 Å². The molecule has 2 saturated carbocycles. The molecule has 0 aromatic heterocycles. The van der Waals surface area contributed by atoms with E-state index < -0.39 is 0 Å². The summed E-state index contributed by atoms with van der Waals surface area (Å²) in [6.45, 7) is 1.35. The predicted octanol–water partition coefficient (Wildman–Crippen LogP) is 1.40. The number of nitrogens with zero attached hydrogens (tertiary/aromatic N) is 1. The largest absolute Gasteiger partial charge is 0.384 e. The van der Waals surface area contributed by atoms with Crippen LogP contribution in [0, 0.1) is 5.41 Å². The number of amides is 1. The van der Waals surface area contributed by atoms with Crippen molar-refractivity contribution in [1.29, 1.82) is 0 Å². The maximum absolute atomic E-state index is 12.2. The van der Waals surface area contributed by atoms with Gasteiger partial charge in [-0.05, 0) is 39.8 Å². The molecule has 1 amide bonds. The van der Waals surface area contributed by atoms with Gasteiger partial charge in [-0.3, -0.25) is 4.79 Å². The van der Waals surface area contributed by atoms with Crippen LogP contribution in [0.15, 0.2) is 0 Å². The summed E-state index contributed by atoms with van der Waals surface area (Å²) < 4.78 is 5.16. The highest BCUT2D eigenvalue weighted by molar-refractivity contribution is 5.85. The van der Waals surface area contributed by atoms with Crippen LogP contribution < -0.4 is 5.32 Å². The number of ether oxygens (including phenoxy) is 1. The monoisotopic (exact) mass is 254 g/mol. The highest BCUT2D eigenvalue weighted by Crippen LogP contribution is 2.46. The molecule has 104 valence electrons. The Morgan fingerprint density at radius 3 is 2.28 bits per heavy atom. The summed E-state index contributed by atoms with van der Waals surface area (Å²) >= 11 is 0. The number of likely N-dealkylation sites (N-methyl/N-ethyl adjacent to an activating group) is 1. The van der Waals surface area contributed by atoms with E-state index in [-0.39, 0.29) is 16.9 Å². The van der Waals surface area contributed by atoms with Crippen molar-refractivity contribution in [1.82, 2.24) is 10.2 Å². The SMILES string of the molecule is COCC1(C(=O)NCC2(N(C)C)CCCC2)CC1. The van der Waals surface area contributed by atoms with Gasteiger partial charge >= 0.3 is 0 Å². The Morgan fingerprint density at radius 1 is 1.22 bits per heavy atom. The topological polar surface area (TPSA) is 41.6 Å². The molecule has 0 saturated heterocycles. The van der Waals surface area contributed by atoms with Crippen LogP contribution in [-0.4, -0.2) is 50.7 Å². The van der Waals surface area contributed by atoms with Crippen LogP contribution in [0.3, 0.4) is 0 Å². The number of hydrogen-bond donors (Lipinski definition) is 1. The Balaban J connectivity index is 1.88. The third-order valence-corrected chi connectivity index (χ3v) is 4.82. The average molecular weight is 254 g/mol. The van der Waals surface area contributed by atoms with E-state index in [0.29, 0.717) is 6.61 Å². The second kappa shape index (κ2) is 5.17. The van der Waals surface area contributed by atoms with Crippen molar-refractivity contribution in [3.8, 4) is 0 Å². The number of carbonyl (C=O) groups excluding carboxylic acids is 1. The standard InChI is InChI=1S/C14H26N2O2/c1-16(2)14(6-4-5-7-14)10-15-12(17)13(8-9-13)11-18-3/h4-11H2,1-3H3,(H,15,17). The molecule has 4 nitrogen and oxygen atoms in total. The molecule has 4 heteroatoms. The number of hydrogen-bond acceptors (Lipinski definition) is 3. The first-order valence-corrected chi connectivity index (χ1v) is 6.99. The Hall–Kier alpha value is -0.610. The minimum Gasteiger partial charge on any atom is -0.384 e. The van der Waals surface area contributed by atoms with E-state index in [1.807, 2.05) is 0 Å². The molecule has 0 spiro atoms. The van der Waals surface area contributed by atoms with Gasteiger partial charge in [-0.1, -0.05) is 12.8 Å². The van der Waals surface area contributed by atoms with E-state index >= 15 is 0 Å². The molecule has 0 radical (unpaired) electrons. The summed E-state index contributed by atoms with van der Waals surface area (Å²) in [5, 5.41) is 3.17. The molecule has 0 aromatic carbocycles. The maximum atomic E-state index is 12.2. The molecular formula is C14H26N2O2. The summed E-state index contributed by atoms with van der Waals surface area (Å²) in [5.41, 5.74) is -0.0281. The fourth-order valence-electron chi connectivity index (χ4n) is 3.11. The van der Waals surface area contributed by atoms with E-state index in [4.69, 9.17) is 4.74 Å². The number of nitrogens with one attached hydrogen (secondary N) is 1. The van der Waals surface area contributed by atoms with Crippen molar-refractivity contribution in [2.45, 2.75) is 44.1 Å². The zero-order valence-electron chi connectivity index (χ0n) is 11.9. The van der Waals surface area contributed by atoms with Gasteiger partial charge in [-0.25, -0.2) is 0 Å². The lowest BCUT2D eigenvalue weighted by atomic mass is 9.95. The molecule has 0 aliphatic heterocycles. The summed E-state index contributed by atoms with van der Waals surface area (Å²) in [6.07, 6.45) is 6.88. The molecular weight excluding hydrogens is 228 g/mol. The minimum absolute atomic E-state index is 0.179. The highest BCUT2D eigenvalue weighted by Gasteiger charge is 2.50. The molecule has 0 bridgehead atoms. The smallest absolute Gasteiger partial charge is 0.228 e. The van der Waals surface area contributed by atoms with Gasteiger partial charge in [-0.15, -0.1) is 0 Å². The van der Waals surface area contributed by atoms with Gasteiger partial charge < -0.3 is 15.0 Å². The molecule has 2 fully saturated rings. The van der Waals surface area contributed by atoms with Gasteiger partial charge in [0.2, 0.25) is 5.91 Å². The summed E-state index contributed by atoms with van der Waals surface area (Å²) in [4.78, 5) is 14.5. The Labute approximate surface area is 110 Å². The van der Waals surface area contributed by atoms with Crippen LogP contribution >= 0.6 is 0 Å². The van der Waals surface area contributed by atoms with E-state index in [9.17, 15) is 4.79 Å². The quantitative estimate of drug-likeness (QED) is 0.779. The number of carbonyl (C=O) groups is 1. The van der Waals surface area contributed by atoms with E-state index in [0.717, 1.165) is 19.4 Å². The van der Waals surface area contributed by atoms with Crippen LogP contribution in [0.4, 0.5) is 0 Å². The second-order valence-electron chi connectivity index (χ2n) is 6.22. The maximum Gasteiger partial charge on any atom is 0.228 e. The normalized spacial score (nSPS) is 24.2. The fourth-order valence-corrected chi connectivity index (χ4v) is 3.11. The minimum atomic E-state index is -0.207. The highest BCUT2D eigenvalue weighted by atomic mass is 16.5. The zero-order valence-corrected chi connectivity index (χ0v) is 11.9. The third-order valence-electron chi connectivity index (χ3n) is 4.82. The molecule has 0 aromatic rings. The molecule has 0 heterocycles. The van der Waals surface area contributed by atoms with Crippen molar-refractivity contribution in [3.05, 3.63) is 0 Å². The van der Waals surface area contributed by atoms with E-state index in [2.05, 4.69) is 24.3 Å². The molecule has 2 aliphatic carbocycles. The molecule has 18 heavy (non-hydrogen) atoms. The van der Waals surface area contributed by atoms with Gasteiger partial charge in [0.25, 0.3) is 0 Å². The van der Waals surface area contributed by atoms with Crippen LogP contribution in [-0.2, 0) is 9.53 Å². The van der Waals surface area contributed by atoms with Gasteiger partial charge in [-0.2, -0.15) is 0 Å². The Kier molecular flexibility index (Phi) is 3.97. The molecule has 0 unspecified atom stereocenters.